The molecule has 0 aliphatic carbocycles. The Morgan fingerprint density at radius 1 is 1.32 bits per heavy atom. The van der Waals surface area contributed by atoms with Crippen molar-refractivity contribution in [2.75, 3.05) is 25.4 Å². The Morgan fingerprint density at radius 3 is 2.53 bits per heavy atom. The number of nitrogens with zero attached hydrogens (tertiary/aromatic N) is 1. The van der Waals surface area contributed by atoms with Crippen LogP contribution in [0.1, 0.15) is 24.2 Å². The Hall–Kier alpha value is -1.75. The second-order valence-corrected chi connectivity index (χ2v) is 4.40. The minimum atomic E-state index is -0.405. The second-order valence-electron chi connectivity index (χ2n) is 3.99. The summed E-state index contributed by atoms with van der Waals surface area (Å²) in [6.45, 7) is 4.95. The van der Waals surface area contributed by atoms with Gasteiger partial charge in [0.1, 0.15) is 0 Å². The van der Waals surface area contributed by atoms with Crippen LogP contribution in [-0.2, 0) is 4.79 Å². The van der Waals surface area contributed by atoms with Crippen molar-refractivity contribution in [3.8, 4) is 0 Å². The quantitative estimate of drug-likeness (QED) is 0.805. The van der Waals surface area contributed by atoms with Crippen molar-refractivity contribution in [2.24, 2.45) is 0 Å². The van der Waals surface area contributed by atoms with E-state index >= 15 is 0 Å². The van der Waals surface area contributed by atoms with E-state index in [2.05, 4.69) is 5.32 Å². The first kappa shape index (κ1) is 15.3. The van der Waals surface area contributed by atoms with Crippen molar-refractivity contribution in [2.45, 2.75) is 13.8 Å². The maximum Gasteiger partial charge on any atom is 0.253 e. The summed E-state index contributed by atoms with van der Waals surface area (Å²) in [4.78, 5) is 25.3. The summed E-state index contributed by atoms with van der Waals surface area (Å²) < 4.78 is 0. The lowest BCUT2D eigenvalue weighted by Gasteiger charge is -2.18. The summed E-state index contributed by atoms with van der Waals surface area (Å²) in [5.41, 5.74) is 6.32. The van der Waals surface area contributed by atoms with Crippen LogP contribution in [0.4, 0.5) is 5.69 Å². The van der Waals surface area contributed by atoms with E-state index in [0.717, 1.165) is 0 Å². The molecular weight excluding hydrogens is 266 g/mol. The van der Waals surface area contributed by atoms with Crippen LogP contribution in [0, 0.1) is 0 Å². The molecule has 0 saturated carbocycles. The van der Waals surface area contributed by atoms with Crippen molar-refractivity contribution < 1.29 is 9.59 Å². The van der Waals surface area contributed by atoms with Gasteiger partial charge in [-0.15, -0.1) is 0 Å². The van der Waals surface area contributed by atoms with Gasteiger partial charge in [0.05, 0.1) is 17.1 Å². The molecule has 0 saturated heterocycles. The number of nitrogens with two attached hydrogens (primary N) is 1. The predicted octanol–water partition coefficient (Wildman–Crippen LogP) is 1.52. The number of amides is 2. The third-order valence-corrected chi connectivity index (χ3v) is 3.08. The van der Waals surface area contributed by atoms with Crippen molar-refractivity contribution in [1.82, 2.24) is 10.2 Å². The standard InChI is InChI=1S/C13H18ClN3O2/c1-3-17(4-2)12(18)8-16-13(19)10-7-9(15)5-6-11(10)14/h5-7H,3-4,8,15H2,1-2H3,(H,16,19). The third-order valence-electron chi connectivity index (χ3n) is 2.75. The molecule has 0 fully saturated rings. The van der Waals surface area contributed by atoms with Crippen molar-refractivity contribution in [1.29, 1.82) is 0 Å². The number of carbonyl (C=O) groups excluding carboxylic acids is 2. The number of nitrogen functional groups attached to an aromatic ring is 1. The predicted molar refractivity (Wildman–Crippen MR) is 76.1 cm³/mol. The molecule has 104 valence electrons. The molecule has 0 bridgehead atoms. The fraction of sp³-hybridized carbons (Fsp3) is 0.385. The van der Waals surface area contributed by atoms with Crippen LogP contribution in [0.3, 0.4) is 0 Å². The highest BCUT2D eigenvalue weighted by Gasteiger charge is 2.14. The lowest BCUT2D eigenvalue weighted by molar-refractivity contribution is -0.129. The van der Waals surface area contributed by atoms with E-state index in [0.29, 0.717) is 23.8 Å². The Bertz CT molecular complexity index is 473. The zero-order valence-corrected chi connectivity index (χ0v) is 11.8. The fourth-order valence-corrected chi connectivity index (χ4v) is 1.86. The molecule has 3 N–H and O–H groups in total. The molecule has 0 radical (unpaired) electrons. The number of likely N-dealkylation sites (N-methyl/N-ethyl adjacent to an activating group) is 1. The van der Waals surface area contributed by atoms with Gasteiger partial charge < -0.3 is 16.0 Å². The minimum absolute atomic E-state index is 0.0500. The zero-order chi connectivity index (χ0) is 14.4. The number of carbonyl (C=O) groups is 2. The summed E-state index contributed by atoms with van der Waals surface area (Å²) in [7, 11) is 0. The molecule has 0 aromatic heterocycles. The maximum atomic E-state index is 11.9. The van der Waals surface area contributed by atoms with Gasteiger partial charge in [-0.1, -0.05) is 11.6 Å². The molecule has 0 aliphatic rings. The van der Waals surface area contributed by atoms with Crippen molar-refractivity contribution in [3.63, 3.8) is 0 Å². The summed E-state index contributed by atoms with van der Waals surface area (Å²) in [6.07, 6.45) is 0. The summed E-state index contributed by atoms with van der Waals surface area (Å²) in [5.74, 6) is -0.531. The van der Waals surface area contributed by atoms with E-state index in [1.807, 2.05) is 13.8 Å². The van der Waals surface area contributed by atoms with Gasteiger partial charge in [-0.2, -0.15) is 0 Å². The molecule has 0 spiro atoms. The molecule has 1 rings (SSSR count). The highest BCUT2D eigenvalue weighted by Crippen LogP contribution is 2.18. The van der Waals surface area contributed by atoms with Crippen molar-refractivity contribution >= 4 is 29.1 Å². The van der Waals surface area contributed by atoms with Crippen LogP contribution < -0.4 is 11.1 Å². The van der Waals surface area contributed by atoms with Gasteiger partial charge in [-0.25, -0.2) is 0 Å². The lowest BCUT2D eigenvalue weighted by atomic mass is 10.2. The first-order valence-corrected chi connectivity index (χ1v) is 6.48. The van der Waals surface area contributed by atoms with E-state index in [-0.39, 0.29) is 18.0 Å². The van der Waals surface area contributed by atoms with Crippen LogP contribution in [-0.4, -0.2) is 36.3 Å². The maximum absolute atomic E-state index is 11.9. The number of rotatable bonds is 5. The molecule has 5 nitrogen and oxygen atoms in total. The Labute approximate surface area is 117 Å². The molecule has 2 amide bonds. The topological polar surface area (TPSA) is 75.4 Å². The molecule has 0 aliphatic heterocycles. The van der Waals surface area contributed by atoms with E-state index < -0.39 is 5.91 Å². The second kappa shape index (κ2) is 6.99. The van der Waals surface area contributed by atoms with Gasteiger partial charge in [0.2, 0.25) is 5.91 Å². The number of benzene rings is 1. The van der Waals surface area contributed by atoms with Crippen LogP contribution in [0.25, 0.3) is 0 Å². The van der Waals surface area contributed by atoms with Gasteiger partial charge in [-0.3, -0.25) is 9.59 Å². The number of nitrogens with one attached hydrogen (secondary N) is 1. The SMILES string of the molecule is CCN(CC)C(=O)CNC(=O)c1cc(N)ccc1Cl. The summed E-state index contributed by atoms with van der Waals surface area (Å²) in [6, 6.07) is 4.65. The van der Waals surface area contributed by atoms with Gasteiger partial charge in [0, 0.05) is 18.8 Å². The highest BCUT2D eigenvalue weighted by molar-refractivity contribution is 6.34. The van der Waals surface area contributed by atoms with Crippen LogP contribution >= 0.6 is 11.6 Å². The molecule has 1 aromatic rings. The number of anilines is 1. The largest absolute Gasteiger partial charge is 0.399 e. The molecule has 1 aromatic carbocycles. The normalized spacial score (nSPS) is 10.1. The number of hydrogen-bond donors (Lipinski definition) is 2. The average Bonchev–Trinajstić information content (AvgIpc) is 2.40. The molecular formula is C13H18ClN3O2. The Kier molecular flexibility index (Phi) is 5.63. The van der Waals surface area contributed by atoms with Gasteiger partial charge in [0.15, 0.2) is 0 Å². The number of hydrogen-bond acceptors (Lipinski definition) is 3. The third kappa shape index (κ3) is 4.13. The lowest BCUT2D eigenvalue weighted by Crippen LogP contribution is -2.40. The van der Waals surface area contributed by atoms with E-state index in [4.69, 9.17) is 17.3 Å². The minimum Gasteiger partial charge on any atom is -0.399 e. The van der Waals surface area contributed by atoms with E-state index in [1.54, 1.807) is 17.0 Å². The molecule has 0 heterocycles. The van der Waals surface area contributed by atoms with Crippen LogP contribution in [0.5, 0.6) is 0 Å². The van der Waals surface area contributed by atoms with Crippen LogP contribution in [0.2, 0.25) is 5.02 Å². The smallest absolute Gasteiger partial charge is 0.253 e. The summed E-state index contributed by atoms with van der Waals surface area (Å²) >= 11 is 5.91. The average molecular weight is 284 g/mol. The molecule has 19 heavy (non-hydrogen) atoms. The van der Waals surface area contributed by atoms with Gasteiger partial charge in [-0.05, 0) is 32.0 Å². The first-order chi connectivity index (χ1) is 8.99. The zero-order valence-electron chi connectivity index (χ0n) is 11.1. The molecule has 6 heteroatoms. The Morgan fingerprint density at radius 2 is 1.95 bits per heavy atom. The molecule has 0 unspecified atom stereocenters. The first-order valence-electron chi connectivity index (χ1n) is 6.10. The van der Waals surface area contributed by atoms with Gasteiger partial charge in [0.25, 0.3) is 5.91 Å². The van der Waals surface area contributed by atoms with E-state index in [9.17, 15) is 9.59 Å². The molecule has 0 atom stereocenters. The number of halogens is 1. The fourth-order valence-electron chi connectivity index (χ4n) is 1.66. The van der Waals surface area contributed by atoms with Crippen LogP contribution in [0.15, 0.2) is 18.2 Å². The monoisotopic (exact) mass is 283 g/mol. The van der Waals surface area contributed by atoms with Crippen molar-refractivity contribution in [3.05, 3.63) is 28.8 Å². The highest BCUT2D eigenvalue weighted by atomic mass is 35.5. The summed E-state index contributed by atoms with van der Waals surface area (Å²) in [5, 5.41) is 2.85. The Balaban J connectivity index is 2.65. The van der Waals surface area contributed by atoms with E-state index in [1.165, 1.54) is 6.07 Å². The van der Waals surface area contributed by atoms with Gasteiger partial charge >= 0.3 is 0 Å².